The summed E-state index contributed by atoms with van der Waals surface area (Å²) >= 11 is 0. The first-order chi connectivity index (χ1) is 28.9. The Labute approximate surface area is 339 Å². The monoisotopic (exact) mass is 779 g/mol. The number of ether oxygens (including phenoxy) is 4. The minimum Gasteiger partial charge on any atom is -0.497 e. The average Bonchev–Trinajstić information content (AvgIpc) is 4.11. The highest BCUT2D eigenvalue weighted by molar-refractivity contribution is 6.10. The van der Waals surface area contributed by atoms with Gasteiger partial charge in [-0.2, -0.15) is 0 Å². The molecule has 2 N–H and O–H groups in total. The van der Waals surface area contributed by atoms with Crippen molar-refractivity contribution < 1.29 is 23.9 Å². The lowest BCUT2D eigenvalue weighted by Gasteiger charge is -2.09. The van der Waals surface area contributed by atoms with Gasteiger partial charge in [0.25, 0.3) is 0 Å². The number of nitrogens with zero attached hydrogens (tertiary/aromatic N) is 3. The normalized spacial score (nSPS) is 11.7. The number of hydrogen-bond acceptors (Lipinski definition) is 8. The summed E-state index contributed by atoms with van der Waals surface area (Å²) in [5.41, 5.74) is 10.2. The lowest BCUT2D eigenvalue weighted by atomic mass is 9.98. The molecule has 0 saturated carbocycles. The summed E-state index contributed by atoms with van der Waals surface area (Å²) in [5.74, 6) is 2.55. The van der Waals surface area contributed by atoms with E-state index in [0.29, 0.717) is 73.2 Å². The van der Waals surface area contributed by atoms with Crippen LogP contribution >= 0.6 is 0 Å². The summed E-state index contributed by atoms with van der Waals surface area (Å²) in [7, 11) is 6.45. The molecule has 290 valence electrons. The standard InChI is InChI=1S/C48H37N5O6/c1-56-32-13-5-9-28(23-32)43-36-27-49-47(48(36)53(54)55)46(31-12-8-16-35(26-31)59-4)42-22-21-41(52-42)45(30-11-7-15-34(25-30)58-3)40-20-19-39(51-40)44(38-18-17-37(43)50-38)29-10-6-14-33(24-29)57-2/h5-27,50,52H,1-4H3. The van der Waals surface area contributed by atoms with Crippen LogP contribution in [0, 0.1) is 10.1 Å². The summed E-state index contributed by atoms with van der Waals surface area (Å²) in [5, 5.41) is 13.6. The van der Waals surface area contributed by atoms with E-state index >= 15 is 0 Å². The molecule has 8 bridgehead atoms. The molecule has 0 unspecified atom stereocenters. The van der Waals surface area contributed by atoms with Crippen molar-refractivity contribution in [2.24, 2.45) is 4.99 Å². The molecule has 0 saturated heterocycles. The van der Waals surface area contributed by atoms with E-state index in [0.717, 1.165) is 33.3 Å². The zero-order chi connectivity index (χ0) is 40.6. The van der Waals surface area contributed by atoms with Gasteiger partial charge in [0.05, 0.1) is 50.3 Å². The summed E-state index contributed by atoms with van der Waals surface area (Å²) < 4.78 is 22.6. The topological polar surface area (TPSA) is 137 Å². The van der Waals surface area contributed by atoms with Crippen molar-refractivity contribution in [3.05, 3.63) is 148 Å². The average molecular weight is 780 g/mol. The Morgan fingerprint density at radius 1 is 0.508 bits per heavy atom. The highest BCUT2D eigenvalue weighted by atomic mass is 16.6. The Morgan fingerprint density at radius 3 is 1.29 bits per heavy atom. The summed E-state index contributed by atoms with van der Waals surface area (Å²) in [6, 6.07) is 38.3. The van der Waals surface area contributed by atoms with Crippen molar-refractivity contribution in [3.63, 3.8) is 0 Å². The van der Waals surface area contributed by atoms with Gasteiger partial charge in [-0.05, 0) is 107 Å². The molecule has 0 fully saturated rings. The third-order valence-corrected chi connectivity index (χ3v) is 10.5. The van der Waals surface area contributed by atoms with E-state index in [9.17, 15) is 10.1 Å². The van der Waals surface area contributed by atoms with Crippen LogP contribution < -0.4 is 18.9 Å². The molecule has 2 aliphatic heterocycles. The minimum absolute atomic E-state index is 0.158. The Hall–Kier alpha value is -7.92. The van der Waals surface area contributed by atoms with Crippen molar-refractivity contribution in [1.29, 1.82) is 0 Å². The Bertz CT molecular complexity index is 2860. The van der Waals surface area contributed by atoms with Gasteiger partial charge in [0.15, 0.2) is 5.69 Å². The van der Waals surface area contributed by atoms with Gasteiger partial charge >= 0.3 is 5.69 Å². The number of rotatable bonds is 9. The highest BCUT2D eigenvalue weighted by Crippen LogP contribution is 2.47. The van der Waals surface area contributed by atoms with Crippen LogP contribution in [0.2, 0.25) is 0 Å². The predicted octanol–water partition coefficient (Wildman–Crippen LogP) is 11.5. The van der Waals surface area contributed by atoms with E-state index in [1.807, 2.05) is 133 Å². The maximum atomic E-state index is 13.6. The van der Waals surface area contributed by atoms with Crippen LogP contribution in [-0.4, -0.2) is 54.5 Å². The van der Waals surface area contributed by atoms with Crippen molar-refractivity contribution in [2.45, 2.75) is 0 Å². The van der Waals surface area contributed by atoms with Gasteiger partial charge in [-0.3, -0.25) is 10.1 Å². The van der Waals surface area contributed by atoms with E-state index in [-0.39, 0.29) is 16.3 Å². The van der Waals surface area contributed by atoms with Gasteiger partial charge in [-0.1, -0.05) is 48.5 Å². The fraction of sp³-hybridized carbons (Fsp3) is 0.0833. The van der Waals surface area contributed by atoms with E-state index in [4.69, 9.17) is 28.9 Å². The first kappa shape index (κ1) is 36.7. The maximum Gasteiger partial charge on any atom is 0.304 e. The second-order valence-corrected chi connectivity index (χ2v) is 13.8. The molecule has 0 aliphatic carbocycles. The largest absolute Gasteiger partial charge is 0.497 e. The number of benzene rings is 4. The molecule has 0 amide bonds. The number of H-pyrrole nitrogens is 2. The zero-order valence-electron chi connectivity index (χ0n) is 32.6. The lowest BCUT2D eigenvalue weighted by molar-refractivity contribution is -0.383. The van der Waals surface area contributed by atoms with E-state index in [1.165, 1.54) is 0 Å². The van der Waals surface area contributed by atoms with Crippen LogP contribution in [0.5, 0.6) is 23.0 Å². The fourth-order valence-corrected chi connectivity index (χ4v) is 7.82. The number of aliphatic imine (C=N–C) groups is 1. The third-order valence-electron chi connectivity index (χ3n) is 10.5. The molecule has 0 atom stereocenters. The Kier molecular flexibility index (Phi) is 9.46. The molecule has 5 heterocycles. The van der Waals surface area contributed by atoms with Crippen LogP contribution in [0.1, 0.15) is 17.0 Å². The van der Waals surface area contributed by atoms with Gasteiger partial charge in [-0.25, -0.2) is 9.98 Å². The Balaban J connectivity index is 1.53. The third kappa shape index (κ3) is 6.64. The molecule has 4 aromatic carbocycles. The molecular formula is C48H37N5O6. The second-order valence-electron chi connectivity index (χ2n) is 13.8. The fourth-order valence-electron chi connectivity index (χ4n) is 7.82. The predicted molar refractivity (Wildman–Crippen MR) is 234 cm³/mol. The molecule has 2 aliphatic rings. The molecule has 9 rings (SSSR count). The summed E-state index contributed by atoms with van der Waals surface area (Å²) in [4.78, 5) is 30.7. The van der Waals surface area contributed by atoms with Crippen LogP contribution in [0.3, 0.4) is 0 Å². The van der Waals surface area contributed by atoms with E-state index < -0.39 is 0 Å². The molecule has 0 spiro atoms. The maximum absolute atomic E-state index is 13.6. The van der Waals surface area contributed by atoms with Crippen LogP contribution in [0.4, 0.5) is 11.4 Å². The highest BCUT2D eigenvalue weighted by Gasteiger charge is 2.30. The number of aromatic amines is 2. The first-order valence-electron chi connectivity index (χ1n) is 18.8. The number of aromatic nitrogens is 3. The zero-order valence-corrected chi connectivity index (χ0v) is 32.6. The quantitative estimate of drug-likeness (QED) is 0.110. The first-order valence-corrected chi connectivity index (χ1v) is 18.8. The molecule has 11 nitrogen and oxygen atoms in total. The molecule has 3 aromatic heterocycles. The van der Waals surface area contributed by atoms with Crippen LogP contribution in [0.15, 0.2) is 126 Å². The number of nitro groups is 1. The molecule has 11 heteroatoms. The van der Waals surface area contributed by atoms with Crippen LogP contribution in [-0.2, 0) is 0 Å². The van der Waals surface area contributed by atoms with Crippen LogP contribution in [0.25, 0.3) is 78.7 Å². The van der Waals surface area contributed by atoms with E-state index in [2.05, 4.69) is 9.97 Å². The minimum atomic E-state index is -0.356. The second kappa shape index (κ2) is 15.2. The Morgan fingerprint density at radius 2 is 0.881 bits per heavy atom. The van der Waals surface area contributed by atoms with Gasteiger partial charge in [-0.15, -0.1) is 0 Å². The van der Waals surface area contributed by atoms with Crippen molar-refractivity contribution >= 4 is 51.8 Å². The van der Waals surface area contributed by atoms with Crippen molar-refractivity contribution in [2.75, 3.05) is 28.4 Å². The molecule has 7 aromatic rings. The molecular weight excluding hydrogens is 743 g/mol. The van der Waals surface area contributed by atoms with Crippen molar-refractivity contribution in [1.82, 2.24) is 15.0 Å². The number of hydrogen-bond donors (Lipinski definition) is 2. The summed E-state index contributed by atoms with van der Waals surface area (Å²) in [6.45, 7) is 0. The van der Waals surface area contributed by atoms with Gasteiger partial charge in [0.1, 0.15) is 23.0 Å². The number of methoxy groups -OCH3 is 4. The lowest BCUT2D eigenvalue weighted by Crippen LogP contribution is -1.95. The SMILES string of the molecule is COc1cccc(-c2c3nc(c(-c4cccc(OC)c4)c4ccc([nH]4)c(-c4cccc(OC)c4)c4c([N+](=O)[O-])c(c(-c5cccc(OC)c5)c5ccc2[nH]5)C=N4)C=C3)c1. The summed E-state index contributed by atoms with van der Waals surface area (Å²) in [6.07, 6.45) is 5.59. The van der Waals surface area contributed by atoms with Gasteiger partial charge in [0.2, 0.25) is 0 Å². The van der Waals surface area contributed by atoms with E-state index in [1.54, 1.807) is 34.7 Å². The number of fused-ring (bicyclic) bond motifs is 8. The molecule has 0 radical (unpaired) electrons. The van der Waals surface area contributed by atoms with Gasteiger partial charge in [0, 0.05) is 50.5 Å². The number of nitrogens with one attached hydrogen (secondary N) is 2. The van der Waals surface area contributed by atoms with Gasteiger partial charge < -0.3 is 28.9 Å². The van der Waals surface area contributed by atoms with Crippen molar-refractivity contribution in [3.8, 4) is 67.5 Å². The smallest absolute Gasteiger partial charge is 0.304 e. The molecule has 59 heavy (non-hydrogen) atoms.